The van der Waals surface area contributed by atoms with Crippen molar-refractivity contribution in [1.82, 2.24) is 9.29 Å². The largest absolute Gasteiger partial charge is 0.497 e. The van der Waals surface area contributed by atoms with Gasteiger partial charge in [-0.3, -0.25) is 0 Å². The van der Waals surface area contributed by atoms with E-state index in [0.717, 1.165) is 16.5 Å². The van der Waals surface area contributed by atoms with Gasteiger partial charge in [-0.1, -0.05) is 18.2 Å². The van der Waals surface area contributed by atoms with Crippen LogP contribution in [0.1, 0.15) is 5.56 Å². The molecule has 0 unspecified atom stereocenters. The van der Waals surface area contributed by atoms with E-state index in [9.17, 15) is 8.42 Å². The van der Waals surface area contributed by atoms with E-state index in [4.69, 9.17) is 4.74 Å². The molecular formula is C18H20N2O3S. The van der Waals surface area contributed by atoms with Crippen molar-refractivity contribution < 1.29 is 13.2 Å². The summed E-state index contributed by atoms with van der Waals surface area (Å²) >= 11 is 0. The van der Waals surface area contributed by atoms with Crippen molar-refractivity contribution in [3.05, 3.63) is 60.3 Å². The van der Waals surface area contributed by atoms with E-state index in [0.29, 0.717) is 18.7 Å². The molecule has 0 saturated carbocycles. The fraction of sp³-hybridized carbons (Fsp3) is 0.222. The van der Waals surface area contributed by atoms with Crippen LogP contribution >= 0.6 is 0 Å². The van der Waals surface area contributed by atoms with E-state index >= 15 is 0 Å². The second-order valence-electron chi connectivity index (χ2n) is 5.61. The van der Waals surface area contributed by atoms with Gasteiger partial charge in [0.1, 0.15) is 5.75 Å². The van der Waals surface area contributed by atoms with Crippen LogP contribution in [-0.2, 0) is 16.4 Å². The molecule has 0 bridgehead atoms. The summed E-state index contributed by atoms with van der Waals surface area (Å²) in [4.78, 5) is 3.48. The molecule has 0 atom stereocenters. The Hall–Kier alpha value is -2.31. The van der Waals surface area contributed by atoms with Crippen molar-refractivity contribution in [2.45, 2.75) is 11.3 Å². The molecule has 0 aliphatic carbocycles. The minimum Gasteiger partial charge on any atom is -0.497 e. The van der Waals surface area contributed by atoms with Gasteiger partial charge < -0.3 is 9.72 Å². The van der Waals surface area contributed by atoms with Crippen LogP contribution in [0.25, 0.3) is 10.9 Å². The van der Waals surface area contributed by atoms with E-state index < -0.39 is 10.0 Å². The summed E-state index contributed by atoms with van der Waals surface area (Å²) in [6.45, 7) is 0.413. The lowest BCUT2D eigenvalue weighted by Gasteiger charge is -2.17. The number of likely N-dealkylation sites (N-methyl/N-ethyl adjacent to an activating group) is 1. The van der Waals surface area contributed by atoms with Gasteiger partial charge in [0.25, 0.3) is 0 Å². The van der Waals surface area contributed by atoms with Crippen LogP contribution in [-0.4, -0.2) is 38.4 Å². The number of ether oxygens (including phenoxy) is 1. The van der Waals surface area contributed by atoms with E-state index in [1.807, 2.05) is 30.5 Å². The number of rotatable bonds is 6. The number of aromatic nitrogens is 1. The van der Waals surface area contributed by atoms with Crippen LogP contribution in [0.2, 0.25) is 0 Å². The summed E-state index contributed by atoms with van der Waals surface area (Å²) in [7, 11) is -0.345. The third-order valence-electron chi connectivity index (χ3n) is 4.14. The van der Waals surface area contributed by atoms with Crippen molar-refractivity contribution in [2.75, 3.05) is 20.7 Å². The molecule has 0 spiro atoms. The van der Waals surface area contributed by atoms with Gasteiger partial charge in [0.2, 0.25) is 10.0 Å². The number of fused-ring (bicyclic) bond motifs is 1. The number of benzene rings is 2. The molecule has 0 aliphatic rings. The normalized spacial score (nSPS) is 12.0. The Labute approximate surface area is 141 Å². The molecule has 1 N–H and O–H groups in total. The Morgan fingerprint density at radius 2 is 1.79 bits per heavy atom. The molecule has 3 rings (SSSR count). The number of aromatic amines is 1. The Kier molecular flexibility index (Phi) is 4.59. The maximum absolute atomic E-state index is 12.6. The zero-order chi connectivity index (χ0) is 17.2. The molecule has 0 aliphatic heterocycles. The number of H-pyrrole nitrogens is 1. The lowest BCUT2D eigenvalue weighted by molar-refractivity contribution is 0.414. The average Bonchev–Trinajstić information content (AvgIpc) is 3.03. The summed E-state index contributed by atoms with van der Waals surface area (Å²) in [5.41, 5.74) is 2.18. The van der Waals surface area contributed by atoms with E-state index in [2.05, 4.69) is 4.98 Å². The molecule has 6 heteroatoms. The van der Waals surface area contributed by atoms with Crippen molar-refractivity contribution in [1.29, 1.82) is 0 Å². The van der Waals surface area contributed by atoms with Crippen LogP contribution in [0.3, 0.4) is 0 Å². The zero-order valence-electron chi connectivity index (χ0n) is 13.7. The Morgan fingerprint density at radius 3 is 2.50 bits per heavy atom. The molecule has 1 heterocycles. The van der Waals surface area contributed by atoms with Gasteiger partial charge in [0.15, 0.2) is 0 Å². The summed E-state index contributed by atoms with van der Waals surface area (Å²) in [6, 6.07) is 14.4. The van der Waals surface area contributed by atoms with Crippen LogP contribution in [0.4, 0.5) is 0 Å². The first-order chi connectivity index (χ1) is 11.5. The second-order valence-corrected chi connectivity index (χ2v) is 7.66. The number of sulfonamides is 1. The quantitative estimate of drug-likeness (QED) is 0.747. The summed E-state index contributed by atoms with van der Waals surface area (Å²) in [5.74, 6) is 0.635. The average molecular weight is 344 g/mol. The molecule has 0 amide bonds. The summed E-state index contributed by atoms with van der Waals surface area (Å²) in [6.07, 6.45) is 2.59. The van der Waals surface area contributed by atoms with Crippen LogP contribution in [0.5, 0.6) is 5.75 Å². The zero-order valence-corrected chi connectivity index (χ0v) is 14.5. The highest BCUT2D eigenvalue weighted by molar-refractivity contribution is 7.89. The lowest BCUT2D eigenvalue weighted by atomic mass is 10.1. The highest BCUT2D eigenvalue weighted by atomic mass is 32.2. The molecule has 0 fully saturated rings. The summed E-state index contributed by atoms with van der Waals surface area (Å²) in [5, 5.41) is 1.13. The molecule has 0 radical (unpaired) electrons. The van der Waals surface area contributed by atoms with Crippen molar-refractivity contribution in [3.63, 3.8) is 0 Å². The predicted molar refractivity (Wildman–Crippen MR) is 94.8 cm³/mol. The minimum atomic E-state index is -3.50. The molecule has 3 aromatic rings. The number of methoxy groups -OCH3 is 1. The van der Waals surface area contributed by atoms with E-state index in [-0.39, 0.29) is 4.90 Å². The Bertz CT molecular complexity index is 930. The van der Waals surface area contributed by atoms with Gasteiger partial charge in [-0.15, -0.1) is 0 Å². The molecule has 126 valence electrons. The van der Waals surface area contributed by atoms with Gasteiger partial charge in [0.05, 0.1) is 12.0 Å². The molecule has 1 aromatic heterocycles. The number of nitrogens with one attached hydrogen (secondary N) is 1. The first kappa shape index (κ1) is 16.5. The van der Waals surface area contributed by atoms with Gasteiger partial charge in [-0.05, 0) is 42.3 Å². The Balaban J connectivity index is 1.74. The van der Waals surface area contributed by atoms with Gasteiger partial charge in [-0.2, -0.15) is 0 Å². The standard InChI is InChI=1S/C18H20N2O3S/c1-20(24(21,22)16-9-7-15(23-2)8-10-16)12-11-14-13-19-18-6-4-3-5-17(14)18/h3-10,13,19H,11-12H2,1-2H3. The molecule has 0 saturated heterocycles. The summed E-state index contributed by atoms with van der Waals surface area (Å²) < 4.78 is 31.7. The van der Waals surface area contributed by atoms with Gasteiger partial charge in [0, 0.05) is 30.7 Å². The van der Waals surface area contributed by atoms with Gasteiger partial charge in [-0.25, -0.2) is 12.7 Å². The molecule has 5 nitrogen and oxygen atoms in total. The highest BCUT2D eigenvalue weighted by Crippen LogP contribution is 2.21. The second kappa shape index (κ2) is 6.67. The maximum atomic E-state index is 12.6. The van der Waals surface area contributed by atoms with Crippen LogP contribution in [0.15, 0.2) is 59.6 Å². The topological polar surface area (TPSA) is 62.4 Å². The van der Waals surface area contributed by atoms with Crippen molar-refractivity contribution in [3.8, 4) is 5.75 Å². The molecular weight excluding hydrogens is 324 g/mol. The lowest BCUT2D eigenvalue weighted by Crippen LogP contribution is -2.29. The Morgan fingerprint density at radius 1 is 1.08 bits per heavy atom. The van der Waals surface area contributed by atoms with E-state index in [1.165, 1.54) is 4.31 Å². The number of para-hydroxylation sites is 1. The van der Waals surface area contributed by atoms with E-state index in [1.54, 1.807) is 38.4 Å². The SMILES string of the molecule is COc1ccc(S(=O)(=O)N(C)CCc2c[nH]c3ccccc23)cc1. The fourth-order valence-corrected chi connectivity index (χ4v) is 3.84. The predicted octanol–water partition coefficient (Wildman–Crippen LogP) is 3.04. The fourth-order valence-electron chi connectivity index (χ4n) is 2.66. The smallest absolute Gasteiger partial charge is 0.242 e. The number of hydrogen-bond donors (Lipinski definition) is 1. The third-order valence-corrected chi connectivity index (χ3v) is 6.01. The molecule has 24 heavy (non-hydrogen) atoms. The highest BCUT2D eigenvalue weighted by Gasteiger charge is 2.20. The monoisotopic (exact) mass is 344 g/mol. The first-order valence-corrected chi connectivity index (χ1v) is 9.12. The third kappa shape index (κ3) is 3.16. The van der Waals surface area contributed by atoms with Crippen molar-refractivity contribution >= 4 is 20.9 Å². The van der Waals surface area contributed by atoms with Crippen LogP contribution < -0.4 is 4.74 Å². The molecule has 2 aromatic carbocycles. The minimum absolute atomic E-state index is 0.268. The van der Waals surface area contributed by atoms with Crippen molar-refractivity contribution in [2.24, 2.45) is 0 Å². The van der Waals surface area contributed by atoms with Gasteiger partial charge >= 0.3 is 0 Å². The first-order valence-electron chi connectivity index (χ1n) is 7.68. The maximum Gasteiger partial charge on any atom is 0.242 e. The van der Waals surface area contributed by atoms with Crippen LogP contribution in [0, 0.1) is 0 Å². The number of hydrogen-bond acceptors (Lipinski definition) is 3. The number of nitrogens with zero attached hydrogens (tertiary/aromatic N) is 1.